The van der Waals surface area contributed by atoms with Gasteiger partial charge in [-0.2, -0.15) is 0 Å². The van der Waals surface area contributed by atoms with Crippen molar-refractivity contribution >= 4 is 6.21 Å². The summed E-state index contributed by atoms with van der Waals surface area (Å²) >= 11 is 0. The van der Waals surface area contributed by atoms with E-state index in [-0.39, 0.29) is 0 Å². The molecule has 1 aliphatic rings. The van der Waals surface area contributed by atoms with Crippen molar-refractivity contribution in [1.82, 2.24) is 0 Å². The van der Waals surface area contributed by atoms with Gasteiger partial charge >= 0.3 is 0 Å². The maximum atomic E-state index is 6.91. The van der Waals surface area contributed by atoms with Crippen LogP contribution in [0.4, 0.5) is 0 Å². The van der Waals surface area contributed by atoms with Gasteiger partial charge in [0.25, 0.3) is 0 Å². The van der Waals surface area contributed by atoms with E-state index in [9.17, 15) is 0 Å². The van der Waals surface area contributed by atoms with E-state index >= 15 is 0 Å². The van der Waals surface area contributed by atoms with E-state index < -0.39 is 0 Å². The minimum Gasteiger partial charge on any atom is -0.313 e. The van der Waals surface area contributed by atoms with Crippen molar-refractivity contribution in [3.05, 3.63) is 0 Å². The minimum atomic E-state index is 0.858. The van der Waals surface area contributed by atoms with Crippen LogP contribution in [0.5, 0.6) is 0 Å². The Morgan fingerprint density at radius 3 is 2.44 bits per heavy atom. The average Bonchev–Trinajstić information content (AvgIpc) is 1.91. The second-order valence-corrected chi connectivity index (χ2v) is 2.94. The highest BCUT2D eigenvalue weighted by atomic mass is 14.3. The fraction of sp³-hybridized carbons (Fsp3) is 0.875. The zero-order chi connectivity index (χ0) is 6.53. The number of hydrogen-bond acceptors (Lipinski definition) is 1. The predicted molar refractivity (Wildman–Crippen MR) is 40.0 cm³/mol. The molecule has 52 valence electrons. The quantitative estimate of drug-likeness (QED) is 0.548. The normalized spacial score (nSPS) is 21.8. The Kier molecular flexibility index (Phi) is 2.75. The molecule has 0 unspecified atom stereocenters. The molecule has 0 heterocycles. The van der Waals surface area contributed by atoms with Gasteiger partial charge in [0.15, 0.2) is 0 Å². The molecule has 1 saturated carbocycles. The van der Waals surface area contributed by atoms with Gasteiger partial charge in [-0.15, -0.1) is 0 Å². The van der Waals surface area contributed by atoms with Crippen LogP contribution in [0.15, 0.2) is 0 Å². The Morgan fingerprint density at radius 1 is 1.22 bits per heavy atom. The van der Waals surface area contributed by atoms with E-state index in [2.05, 4.69) is 0 Å². The predicted octanol–water partition coefficient (Wildman–Crippen LogP) is 2.61. The van der Waals surface area contributed by atoms with Gasteiger partial charge in [0.2, 0.25) is 0 Å². The third-order valence-electron chi connectivity index (χ3n) is 2.18. The smallest absolute Gasteiger partial charge is 0.00450 e. The molecule has 0 spiro atoms. The van der Waals surface area contributed by atoms with Crippen LogP contribution in [0.1, 0.15) is 38.5 Å². The summed E-state index contributed by atoms with van der Waals surface area (Å²) in [6, 6.07) is 0. The molecule has 0 aromatic rings. The van der Waals surface area contributed by atoms with Gasteiger partial charge in [-0.3, -0.25) is 0 Å². The minimum absolute atomic E-state index is 0.858. The van der Waals surface area contributed by atoms with Crippen molar-refractivity contribution in [3.8, 4) is 0 Å². The Labute approximate surface area is 57.0 Å². The monoisotopic (exact) mass is 125 g/mol. The van der Waals surface area contributed by atoms with Crippen molar-refractivity contribution in [2.75, 3.05) is 0 Å². The van der Waals surface area contributed by atoms with E-state index in [4.69, 9.17) is 5.41 Å². The summed E-state index contributed by atoms with van der Waals surface area (Å²) in [6.07, 6.45) is 9.56. The van der Waals surface area contributed by atoms with Gasteiger partial charge < -0.3 is 5.41 Å². The number of hydrogen-bond donors (Lipinski definition) is 1. The lowest BCUT2D eigenvalue weighted by atomic mass is 9.87. The number of rotatable bonds is 2. The summed E-state index contributed by atoms with van der Waals surface area (Å²) < 4.78 is 0. The Hall–Kier alpha value is -0.330. The van der Waals surface area contributed by atoms with Gasteiger partial charge in [-0.1, -0.05) is 32.1 Å². The van der Waals surface area contributed by atoms with Crippen LogP contribution in [0.3, 0.4) is 0 Å². The third kappa shape index (κ3) is 2.17. The second-order valence-electron chi connectivity index (χ2n) is 2.94. The van der Waals surface area contributed by atoms with Crippen LogP contribution in [-0.2, 0) is 0 Å². The van der Waals surface area contributed by atoms with Crippen molar-refractivity contribution in [1.29, 1.82) is 5.41 Å². The topological polar surface area (TPSA) is 23.9 Å². The molecule has 1 heteroatoms. The first-order valence-electron chi connectivity index (χ1n) is 3.92. The van der Waals surface area contributed by atoms with E-state index in [0.717, 1.165) is 12.3 Å². The molecule has 0 aliphatic heterocycles. The molecule has 0 atom stereocenters. The lowest BCUT2D eigenvalue weighted by molar-refractivity contribution is 0.369. The van der Waals surface area contributed by atoms with Gasteiger partial charge in [0, 0.05) is 0 Å². The van der Waals surface area contributed by atoms with Crippen molar-refractivity contribution in [2.24, 2.45) is 5.92 Å². The maximum Gasteiger partial charge on any atom is -0.00450 e. The molecular formula is C8H15N. The molecule has 1 N–H and O–H groups in total. The van der Waals surface area contributed by atoms with Crippen LogP contribution in [-0.4, -0.2) is 6.21 Å². The summed E-state index contributed by atoms with van der Waals surface area (Å²) in [4.78, 5) is 0. The molecule has 0 bridgehead atoms. The Balaban J connectivity index is 2.15. The van der Waals surface area contributed by atoms with Crippen LogP contribution in [0.25, 0.3) is 0 Å². The zero-order valence-electron chi connectivity index (χ0n) is 5.90. The molecule has 1 nitrogen and oxygen atoms in total. The van der Waals surface area contributed by atoms with Crippen LogP contribution >= 0.6 is 0 Å². The summed E-state index contributed by atoms with van der Waals surface area (Å²) in [6.45, 7) is 0. The SMILES string of the molecule is N=CCC1CCCCC1. The molecule has 1 fully saturated rings. The Bertz CT molecular complexity index is 82.6. The van der Waals surface area contributed by atoms with Gasteiger partial charge in [-0.25, -0.2) is 0 Å². The van der Waals surface area contributed by atoms with E-state index in [1.165, 1.54) is 32.1 Å². The molecule has 0 radical (unpaired) electrons. The van der Waals surface area contributed by atoms with E-state index in [1.54, 1.807) is 6.21 Å². The van der Waals surface area contributed by atoms with Gasteiger partial charge in [0.1, 0.15) is 0 Å². The van der Waals surface area contributed by atoms with Crippen LogP contribution in [0, 0.1) is 11.3 Å². The van der Waals surface area contributed by atoms with Crippen LogP contribution < -0.4 is 0 Å². The fourth-order valence-electron chi connectivity index (χ4n) is 1.59. The first kappa shape index (κ1) is 6.79. The summed E-state index contributed by atoms with van der Waals surface area (Å²) in [5, 5.41) is 6.91. The lowest BCUT2D eigenvalue weighted by Crippen LogP contribution is -2.05. The van der Waals surface area contributed by atoms with E-state index in [1.807, 2.05) is 0 Å². The molecule has 0 aromatic heterocycles. The standard InChI is InChI=1S/C8H15N/c9-7-6-8-4-2-1-3-5-8/h7-9H,1-6H2. The van der Waals surface area contributed by atoms with Gasteiger partial charge in [0.05, 0.1) is 0 Å². The highest BCUT2D eigenvalue weighted by Gasteiger charge is 2.10. The first-order valence-corrected chi connectivity index (χ1v) is 3.92. The summed E-state index contributed by atoms with van der Waals surface area (Å²) in [5.41, 5.74) is 0. The molecule has 0 saturated heterocycles. The van der Waals surface area contributed by atoms with E-state index in [0.29, 0.717) is 0 Å². The highest BCUT2D eigenvalue weighted by Crippen LogP contribution is 2.25. The first-order chi connectivity index (χ1) is 4.43. The maximum absolute atomic E-state index is 6.91. The van der Waals surface area contributed by atoms with Crippen molar-refractivity contribution in [2.45, 2.75) is 38.5 Å². The lowest BCUT2D eigenvalue weighted by Gasteiger charge is -2.18. The largest absolute Gasteiger partial charge is 0.313 e. The zero-order valence-corrected chi connectivity index (χ0v) is 5.90. The van der Waals surface area contributed by atoms with Gasteiger partial charge in [-0.05, 0) is 18.6 Å². The molecule has 1 rings (SSSR count). The highest BCUT2D eigenvalue weighted by molar-refractivity contribution is 5.53. The second kappa shape index (κ2) is 3.65. The average molecular weight is 125 g/mol. The van der Waals surface area contributed by atoms with Crippen molar-refractivity contribution in [3.63, 3.8) is 0 Å². The molecule has 0 amide bonds. The number of nitrogens with one attached hydrogen (secondary N) is 1. The van der Waals surface area contributed by atoms with Crippen molar-refractivity contribution < 1.29 is 0 Å². The Morgan fingerprint density at radius 2 is 1.89 bits per heavy atom. The molecular weight excluding hydrogens is 110 g/mol. The fourth-order valence-corrected chi connectivity index (χ4v) is 1.59. The molecule has 9 heavy (non-hydrogen) atoms. The molecule has 0 aromatic carbocycles. The summed E-state index contributed by atoms with van der Waals surface area (Å²) in [7, 11) is 0. The van der Waals surface area contributed by atoms with Crippen LogP contribution in [0.2, 0.25) is 0 Å². The molecule has 1 aliphatic carbocycles. The summed E-state index contributed by atoms with van der Waals surface area (Å²) in [5.74, 6) is 0.858. The third-order valence-corrected chi connectivity index (χ3v) is 2.18.